The molecular weight excluding hydrogens is 423 g/mol. The van der Waals surface area contributed by atoms with Gasteiger partial charge in [0.1, 0.15) is 11.9 Å². The first kappa shape index (κ1) is 24.2. The number of nitrogens with one attached hydrogen (secondary N) is 1. The Balaban J connectivity index is 1.98. The molecule has 30 heavy (non-hydrogen) atoms. The van der Waals surface area contributed by atoms with Gasteiger partial charge in [0.2, 0.25) is 11.8 Å². The lowest BCUT2D eigenvalue weighted by molar-refractivity contribution is -0.140. The first-order valence-electron chi connectivity index (χ1n) is 10.1. The third kappa shape index (κ3) is 7.65. The third-order valence-electron chi connectivity index (χ3n) is 4.63. The standard InChI is InChI=1S/C23H28ClFN2O2S/c1-3-14-26-23(29)17(2)27(16-18-7-4-5-8-21(18)25)22(28)9-6-15-30-20-12-10-19(24)11-13-20/h4-5,7-8,10-13,17H,3,6,9,14-16H2,1-2H3,(H,26,29)/t17-/m1/s1. The highest BCUT2D eigenvalue weighted by atomic mass is 35.5. The zero-order chi connectivity index (χ0) is 21.9. The van der Waals surface area contributed by atoms with Crippen LogP contribution in [0.2, 0.25) is 5.02 Å². The van der Waals surface area contributed by atoms with Gasteiger partial charge in [0.05, 0.1) is 0 Å². The predicted molar refractivity (Wildman–Crippen MR) is 121 cm³/mol. The molecule has 0 saturated heterocycles. The molecule has 4 nitrogen and oxygen atoms in total. The van der Waals surface area contributed by atoms with E-state index in [1.54, 1.807) is 36.9 Å². The van der Waals surface area contributed by atoms with E-state index in [4.69, 9.17) is 11.6 Å². The van der Waals surface area contributed by atoms with E-state index in [0.717, 1.165) is 17.1 Å². The molecule has 2 aromatic rings. The van der Waals surface area contributed by atoms with Crippen molar-refractivity contribution in [1.82, 2.24) is 10.2 Å². The summed E-state index contributed by atoms with van der Waals surface area (Å²) in [6.45, 7) is 4.26. The number of benzene rings is 2. The molecule has 0 aliphatic rings. The van der Waals surface area contributed by atoms with Gasteiger partial charge >= 0.3 is 0 Å². The van der Waals surface area contributed by atoms with Crippen LogP contribution in [0.25, 0.3) is 0 Å². The van der Waals surface area contributed by atoms with E-state index >= 15 is 0 Å². The van der Waals surface area contributed by atoms with E-state index in [2.05, 4.69) is 5.32 Å². The Morgan fingerprint density at radius 2 is 1.87 bits per heavy atom. The number of thioether (sulfide) groups is 1. The molecular formula is C23H28ClFN2O2S. The van der Waals surface area contributed by atoms with Gasteiger partial charge in [-0.3, -0.25) is 9.59 Å². The van der Waals surface area contributed by atoms with Crippen molar-refractivity contribution in [3.63, 3.8) is 0 Å². The maximum absolute atomic E-state index is 14.2. The normalized spacial score (nSPS) is 11.7. The Morgan fingerprint density at radius 1 is 1.17 bits per heavy atom. The first-order chi connectivity index (χ1) is 14.4. The average Bonchev–Trinajstić information content (AvgIpc) is 2.75. The van der Waals surface area contributed by atoms with Crippen LogP contribution in [0.4, 0.5) is 4.39 Å². The summed E-state index contributed by atoms with van der Waals surface area (Å²) >= 11 is 7.54. The Bertz CT molecular complexity index is 832. The van der Waals surface area contributed by atoms with E-state index in [-0.39, 0.29) is 24.2 Å². The highest BCUT2D eigenvalue weighted by Crippen LogP contribution is 2.22. The van der Waals surface area contributed by atoms with Crippen LogP contribution in [-0.4, -0.2) is 35.1 Å². The highest BCUT2D eigenvalue weighted by Gasteiger charge is 2.26. The van der Waals surface area contributed by atoms with Gasteiger partial charge < -0.3 is 10.2 Å². The van der Waals surface area contributed by atoms with Gasteiger partial charge in [0.25, 0.3) is 0 Å². The molecule has 1 N–H and O–H groups in total. The summed E-state index contributed by atoms with van der Waals surface area (Å²) in [7, 11) is 0. The van der Waals surface area contributed by atoms with E-state index in [1.165, 1.54) is 11.0 Å². The average molecular weight is 451 g/mol. The molecule has 2 amide bonds. The predicted octanol–water partition coefficient (Wildman–Crippen LogP) is 5.29. The first-order valence-corrected chi connectivity index (χ1v) is 11.5. The number of hydrogen-bond acceptors (Lipinski definition) is 3. The molecule has 0 unspecified atom stereocenters. The Labute approximate surface area is 187 Å². The fraction of sp³-hybridized carbons (Fsp3) is 0.391. The number of hydrogen-bond donors (Lipinski definition) is 1. The van der Waals surface area contributed by atoms with Crippen molar-refractivity contribution in [2.45, 2.75) is 50.6 Å². The lowest BCUT2D eigenvalue weighted by atomic mass is 10.1. The summed E-state index contributed by atoms with van der Waals surface area (Å²) in [6, 6.07) is 13.2. The summed E-state index contributed by atoms with van der Waals surface area (Å²) < 4.78 is 14.2. The number of nitrogens with zero attached hydrogens (tertiary/aromatic N) is 1. The van der Waals surface area contributed by atoms with Crippen molar-refractivity contribution in [1.29, 1.82) is 0 Å². The van der Waals surface area contributed by atoms with E-state index in [9.17, 15) is 14.0 Å². The van der Waals surface area contributed by atoms with Crippen LogP contribution in [0, 0.1) is 5.82 Å². The van der Waals surface area contributed by atoms with Gasteiger partial charge in [-0.1, -0.05) is 36.7 Å². The van der Waals surface area contributed by atoms with Crippen LogP contribution >= 0.6 is 23.4 Å². The molecule has 1 atom stereocenters. The molecule has 162 valence electrons. The van der Waals surface area contributed by atoms with Crippen molar-refractivity contribution in [3.8, 4) is 0 Å². The molecule has 0 bridgehead atoms. The quantitative estimate of drug-likeness (QED) is 0.373. The summed E-state index contributed by atoms with van der Waals surface area (Å²) in [4.78, 5) is 27.9. The van der Waals surface area contributed by atoms with E-state index < -0.39 is 6.04 Å². The highest BCUT2D eigenvalue weighted by molar-refractivity contribution is 7.99. The second-order valence-electron chi connectivity index (χ2n) is 6.99. The molecule has 7 heteroatoms. The van der Waals surface area contributed by atoms with Crippen molar-refractivity contribution in [3.05, 3.63) is 64.9 Å². The van der Waals surface area contributed by atoms with Crippen molar-refractivity contribution >= 4 is 35.2 Å². The van der Waals surface area contributed by atoms with Crippen molar-refractivity contribution in [2.75, 3.05) is 12.3 Å². The molecule has 0 heterocycles. The second-order valence-corrected chi connectivity index (χ2v) is 8.59. The number of amides is 2. The Morgan fingerprint density at radius 3 is 2.53 bits per heavy atom. The molecule has 0 radical (unpaired) electrons. The maximum atomic E-state index is 14.2. The monoisotopic (exact) mass is 450 g/mol. The van der Waals surface area contributed by atoms with Crippen LogP contribution in [0.3, 0.4) is 0 Å². The summed E-state index contributed by atoms with van der Waals surface area (Å²) in [6.07, 6.45) is 1.76. The minimum Gasteiger partial charge on any atom is -0.354 e. The van der Waals surface area contributed by atoms with Gasteiger partial charge in [0, 0.05) is 35.0 Å². The Hall–Kier alpha value is -2.05. The van der Waals surface area contributed by atoms with Gasteiger partial charge in [-0.25, -0.2) is 4.39 Å². The minimum absolute atomic E-state index is 0.0660. The third-order valence-corrected chi connectivity index (χ3v) is 5.98. The fourth-order valence-electron chi connectivity index (χ4n) is 2.88. The molecule has 2 rings (SSSR count). The Kier molecular flexibility index (Phi) is 10.2. The SMILES string of the molecule is CCCNC(=O)[C@@H](C)N(Cc1ccccc1F)C(=O)CCCSc1ccc(Cl)cc1. The number of carbonyl (C=O) groups excluding carboxylic acids is 2. The van der Waals surface area contributed by atoms with Crippen molar-refractivity contribution in [2.24, 2.45) is 0 Å². The van der Waals surface area contributed by atoms with Gasteiger partial charge in [-0.15, -0.1) is 11.8 Å². The summed E-state index contributed by atoms with van der Waals surface area (Å²) in [5, 5.41) is 3.51. The zero-order valence-corrected chi connectivity index (χ0v) is 18.9. The second kappa shape index (κ2) is 12.6. The van der Waals surface area contributed by atoms with Crippen LogP contribution in [0.5, 0.6) is 0 Å². The van der Waals surface area contributed by atoms with E-state index in [0.29, 0.717) is 30.0 Å². The molecule has 0 aliphatic carbocycles. The van der Waals surface area contributed by atoms with Crippen molar-refractivity contribution < 1.29 is 14.0 Å². The largest absolute Gasteiger partial charge is 0.354 e. The zero-order valence-electron chi connectivity index (χ0n) is 17.4. The molecule has 0 spiro atoms. The smallest absolute Gasteiger partial charge is 0.242 e. The van der Waals surface area contributed by atoms with E-state index in [1.807, 2.05) is 31.2 Å². The van der Waals surface area contributed by atoms with Gasteiger partial charge in [0.15, 0.2) is 0 Å². The molecule has 0 aliphatic heterocycles. The number of carbonyl (C=O) groups is 2. The minimum atomic E-state index is -0.674. The van der Waals surface area contributed by atoms with Crippen LogP contribution < -0.4 is 5.32 Å². The van der Waals surface area contributed by atoms with Crippen LogP contribution in [0.15, 0.2) is 53.4 Å². The lowest BCUT2D eigenvalue weighted by Gasteiger charge is -2.29. The molecule has 2 aromatic carbocycles. The summed E-state index contributed by atoms with van der Waals surface area (Å²) in [5.74, 6) is -0.00178. The molecule has 0 saturated carbocycles. The maximum Gasteiger partial charge on any atom is 0.242 e. The number of rotatable bonds is 11. The molecule has 0 aromatic heterocycles. The molecule has 0 fully saturated rings. The van der Waals surface area contributed by atoms with Gasteiger partial charge in [-0.05, 0) is 55.9 Å². The van der Waals surface area contributed by atoms with Gasteiger partial charge in [-0.2, -0.15) is 0 Å². The fourth-order valence-corrected chi connectivity index (χ4v) is 3.86. The lowest BCUT2D eigenvalue weighted by Crippen LogP contribution is -2.47. The summed E-state index contributed by atoms with van der Waals surface area (Å²) in [5.41, 5.74) is 0.400. The van der Waals surface area contributed by atoms with Crippen LogP contribution in [-0.2, 0) is 16.1 Å². The number of halogens is 2. The van der Waals surface area contributed by atoms with Crippen LogP contribution in [0.1, 0.15) is 38.7 Å². The topological polar surface area (TPSA) is 49.4 Å².